The Labute approximate surface area is 160 Å². The molecule has 144 valence electrons. The Balaban J connectivity index is 1.66. The first-order valence-corrected chi connectivity index (χ1v) is 8.71. The SMILES string of the molecule is C[C@@H](OC(=O)[C@H]1CC(=O)N(c2cccc([N+](=O)[O-])c2)C1)C(=O)c1ccccc1. The van der Waals surface area contributed by atoms with E-state index in [1.807, 2.05) is 0 Å². The third kappa shape index (κ3) is 4.06. The molecule has 1 heterocycles. The largest absolute Gasteiger partial charge is 0.454 e. The van der Waals surface area contributed by atoms with Gasteiger partial charge in [0.15, 0.2) is 6.10 Å². The fraction of sp³-hybridized carbons (Fsp3) is 0.250. The third-order valence-electron chi connectivity index (χ3n) is 4.53. The van der Waals surface area contributed by atoms with Gasteiger partial charge in [-0.3, -0.25) is 24.5 Å². The van der Waals surface area contributed by atoms with Gasteiger partial charge in [-0.05, 0) is 13.0 Å². The standard InChI is InChI=1S/C20H18N2O6/c1-13(19(24)14-6-3-2-4-7-14)28-20(25)15-10-18(23)21(12-15)16-8-5-9-17(11-16)22(26)27/h2-9,11,13,15H,10,12H2,1H3/t13-,15+/m1/s1. The molecule has 8 nitrogen and oxygen atoms in total. The summed E-state index contributed by atoms with van der Waals surface area (Å²) >= 11 is 0. The molecule has 0 spiro atoms. The number of ether oxygens (including phenoxy) is 1. The van der Waals surface area contributed by atoms with Crippen LogP contribution in [0.15, 0.2) is 54.6 Å². The number of esters is 1. The van der Waals surface area contributed by atoms with Crippen molar-refractivity contribution < 1.29 is 24.0 Å². The zero-order chi connectivity index (χ0) is 20.3. The van der Waals surface area contributed by atoms with Gasteiger partial charge in [0.2, 0.25) is 11.7 Å². The molecule has 3 rings (SSSR count). The van der Waals surface area contributed by atoms with Crippen molar-refractivity contribution in [3.8, 4) is 0 Å². The first-order valence-electron chi connectivity index (χ1n) is 8.71. The van der Waals surface area contributed by atoms with Crippen molar-refractivity contribution in [2.45, 2.75) is 19.4 Å². The lowest BCUT2D eigenvalue weighted by Gasteiger charge is -2.17. The Morgan fingerprint density at radius 1 is 1.18 bits per heavy atom. The van der Waals surface area contributed by atoms with Gasteiger partial charge < -0.3 is 9.64 Å². The van der Waals surface area contributed by atoms with Gasteiger partial charge in [-0.15, -0.1) is 0 Å². The van der Waals surface area contributed by atoms with Crippen LogP contribution in [-0.4, -0.2) is 35.2 Å². The number of nitro groups is 1. The number of hydrogen-bond donors (Lipinski definition) is 0. The summed E-state index contributed by atoms with van der Waals surface area (Å²) in [5.74, 6) is -2.03. The van der Waals surface area contributed by atoms with Gasteiger partial charge in [0.05, 0.1) is 16.5 Å². The minimum absolute atomic E-state index is 0.0467. The molecule has 1 amide bonds. The minimum Gasteiger partial charge on any atom is -0.454 e. The van der Waals surface area contributed by atoms with E-state index in [4.69, 9.17) is 4.74 Å². The van der Waals surface area contributed by atoms with Gasteiger partial charge in [-0.2, -0.15) is 0 Å². The lowest BCUT2D eigenvalue weighted by Crippen LogP contribution is -2.30. The summed E-state index contributed by atoms with van der Waals surface area (Å²) in [5, 5.41) is 10.9. The molecule has 2 aromatic carbocycles. The predicted octanol–water partition coefficient (Wildman–Crippen LogP) is 2.76. The van der Waals surface area contributed by atoms with E-state index < -0.39 is 22.9 Å². The third-order valence-corrected chi connectivity index (χ3v) is 4.53. The Morgan fingerprint density at radius 2 is 1.89 bits per heavy atom. The zero-order valence-electron chi connectivity index (χ0n) is 15.1. The van der Waals surface area contributed by atoms with Gasteiger partial charge in [-0.25, -0.2) is 0 Å². The average Bonchev–Trinajstić information content (AvgIpc) is 3.10. The van der Waals surface area contributed by atoms with E-state index in [1.54, 1.807) is 36.4 Å². The smallest absolute Gasteiger partial charge is 0.312 e. The molecular weight excluding hydrogens is 364 g/mol. The molecule has 1 aliphatic heterocycles. The summed E-state index contributed by atoms with van der Waals surface area (Å²) < 4.78 is 5.27. The summed E-state index contributed by atoms with van der Waals surface area (Å²) in [5.41, 5.74) is 0.643. The molecular formula is C20H18N2O6. The molecule has 8 heteroatoms. The number of benzene rings is 2. The van der Waals surface area contributed by atoms with Crippen LogP contribution in [0.4, 0.5) is 11.4 Å². The maximum Gasteiger partial charge on any atom is 0.312 e. The van der Waals surface area contributed by atoms with Crippen molar-refractivity contribution in [3.63, 3.8) is 0 Å². The number of ketones is 1. The lowest BCUT2D eigenvalue weighted by atomic mass is 10.1. The maximum absolute atomic E-state index is 12.4. The zero-order valence-corrected chi connectivity index (χ0v) is 15.1. The first-order chi connectivity index (χ1) is 13.4. The molecule has 2 aromatic rings. The van der Waals surface area contributed by atoms with Crippen LogP contribution in [0.1, 0.15) is 23.7 Å². The van der Waals surface area contributed by atoms with Crippen LogP contribution < -0.4 is 4.90 Å². The van der Waals surface area contributed by atoms with Gasteiger partial charge in [0.1, 0.15) is 0 Å². The maximum atomic E-state index is 12.4. The highest BCUT2D eigenvalue weighted by atomic mass is 16.6. The van der Waals surface area contributed by atoms with E-state index in [2.05, 4.69) is 0 Å². The van der Waals surface area contributed by atoms with Crippen LogP contribution in [0.25, 0.3) is 0 Å². The number of nitro benzene ring substituents is 1. The Bertz CT molecular complexity index is 927. The summed E-state index contributed by atoms with van der Waals surface area (Å²) in [6.45, 7) is 1.54. The predicted molar refractivity (Wildman–Crippen MR) is 99.9 cm³/mol. The number of nitrogens with zero attached hydrogens (tertiary/aromatic N) is 2. The van der Waals surface area contributed by atoms with E-state index >= 15 is 0 Å². The molecule has 1 aliphatic rings. The van der Waals surface area contributed by atoms with Gasteiger partial charge in [0.25, 0.3) is 5.69 Å². The molecule has 0 radical (unpaired) electrons. The number of hydrogen-bond acceptors (Lipinski definition) is 6. The normalized spacial score (nSPS) is 17.2. The van der Waals surface area contributed by atoms with Crippen molar-refractivity contribution >= 4 is 29.0 Å². The highest BCUT2D eigenvalue weighted by Crippen LogP contribution is 2.28. The Morgan fingerprint density at radius 3 is 2.57 bits per heavy atom. The van der Waals surface area contributed by atoms with Crippen molar-refractivity contribution in [1.82, 2.24) is 0 Å². The first kappa shape index (κ1) is 19.2. The fourth-order valence-corrected chi connectivity index (χ4v) is 3.05. The van der Waals surface area contributed by atoms with Crippen molar-refractivity contribution in [1.29, 1.82) is 0 Å². The second-order valence-corrected chi connectivity index (χ2v) is 6.49. The number of amides is 1. The highest BCUT2D eigenvalue weighted by molar-refractivity contribution is 6.02. The van der Waals surface area contributed by atoms with Crippen LogP contribution in [0.3, 0.4) is 0 Å². The van der Waals surface area contributed by atoms with Crippen LogP contribution in [0.2, 0.25) is 0 Å². The fourth-order valence-electron chi connectivity index (χ4n) is 3.05. The van der Waals surface area contributed by atoms with Crippen LogP contribution >= 0.6 is 0 Å². The molecule has 0 saturated carbocycles. The van der Waals surface area contributed by atoms with E-state index in [0.29, 0.717) is 11.3 Å². The van der Waals surface area contributed by atoms with Crippen LogP contribution in [0, 0.1) is 16.0 Å². The van der Waals surface area contributed by atoms with Crippen molar-refractivity contribution in [2.75, 3.05) is 11.4 Å². The molecule has 0 N–H and O–H groups in total. The average molecular weight is 382 g/mol. The number of Topliss-reactive ketones (excluding diaryl/α,β-unsaturated/α-hetero) is 1. The number of non-ortho nitro benzene ring substituents is 1. The molecule has 0 unspecified atom stereocenters. The lowest BCUT2D eigenvalue weighted by molar-refractivity contribution is -0.384. The number of carbonyl (C=O) groups excluding carboxylic acids is 3. The van der Waals surface area contributed by atoms with Gasteiger partial charge >= 0.3 is 5.97 Å². The van der Waals surface area contributed by atoms with E-state index in [0.717, 1.165) is 0 Å². The summed E-state index contributed by atoms with van der Waals surface area (Å²) in [4.78, 5) is 48.7. The van der Waals surface area contributed by atoms with Crippen LogP contribution in [0.5, 0.6) is 0 Å². The quantitative estimate of drug-likeness (QED) is 0.329. The minimum atomic E-state index is -0.975. The second-order valence-electron chi connectivity index (χ2n) is 6.49. The monoisotopic (exact) mass is 382 g/mol. The summed E-state index contributed by atoms with van der Waals surface area (Å²) in [6.07, 6.45) is -1.05. The topological polar surface area (TPSA) is 107 Å². The molecule has 2 atom stereocenters. The van der Waals surface area contributed by atoms with Crippen molar-refractivity contribution in [2.24, 2.45) is 5.92 Å². The Hall–Kier alpha value is -3.55. The molecule has 0 aromatic heterocycles. The molecule has 0 aliphatic carbocycles. The van der Waals surface area contributed by atoms with E-state index in [1.165, 1.54) is 30.0 Å². The molecule has 1 saturated heterocycles. The summed E-state index contributed by atoms with van der Waals surface area (Å²) in [6, 6.07) is 14.1. The molecule has 28 heavy (non-hydrogen) atoms. The van der Waals surface area contributed by atoms with Crippen LogP contribution in [-0.2, 0) is 14.3 Å². The second kappa shape index (κ2) is 7.99. The molecule has 1 fully saturated rings. The van der Waals surface area contributed by atoms with Gasteiger partial charge in [-0.1, -0.05) is 36.4 Å². The number of rotatable bonds is 6. The number of anilines is 1. The number of carbonyl (C=O) groups is 3. The van der Waals surface area contributed by atoms with E-state index in [-0.39, 0.29) is 30.3 Å². The van der Waals surface area contributed by atoms with Crippen molar-refractivity contribution in [3.05, 3.63) is 70.3 Å². The Kier molecular flexibility index (Phi) is 5.49. The van der Waals surface area contributed by atoms with Gasteiger partial charge in [0, 0.05) is 30.7 Å². The highest BCUT2D eigenvalue weighted by Gasteiger charge is 2.37. The molecule has 0 bridgehead atoms. The van der Waals surface area contributed by atoms with E-state index in [9.17, 15) is 24.5 Å². The summed E-state index contributed by atoms with van der Waals surface area (Å²) in [7, 11) is 0.